The van der Waals surface area contributed by atoms with E-state index in [1.54, 1.807) is 11.3 Å². The molecule has 2 amide bonds. The van der Waals surface area contributed by atoms with E-state index in [4.69, 9.17) is 5.73 Å². The van der Waals surface area contributed by atoms with Crippen LogP contribution >= 0.6 is 23.1 Å². The van der Waals surface area contributed by atoms with Gasteiger partial charge in [0.2, 0.25) is 11.8 Å². The van der Waals surface area contributed by atoms with Crippen LogP contribution in [-0.4, -0.2) is 50.3 Å². The lowest BCUT2D eigenvalue weighted by Gasteiger charge is -2.30. The van der Waals surface area contributed by atoms with E-state index >= 15 is 0 Å². The van der Waals surface area contributed by atoms with E-state index in [9.17, 15) is 9.59 Å². The summed E-state index contributed by atoms with van der Waals surface area (Å²) in [5.41, 5.74) is 5.30. The van der Waals surface area contributed by atoms with Gasteiger partial charge >= 0.3 is 0 Å². The van der Waals surface area contributed by atoms with Crippen LogP contribution in [0.3, 0.4) is 0 Å². The fraction of sp³-hybridized carbons (Fsp3) is 0.529. The molecule has 0 aromatic carbocycles. The number of thiophene rings is 1. The van der Waals surface area contributed by atoms with Crippen LogP contribution in [0.2, 0.25) is 0 Å². The molecule has 26 heavy (non-hydrogen) atoms. The van der Waals surface area contributed by atoms with Gasteiger partial charge in [-0.3, -0.25) is 9.59 Å². The van der Waals surface area contributed by atoms with Crippen molar-refractivity contribution in [3.05, 3.63) is 17.5 Å². The maximum atomic E-state index is 12.5. The molecule has 3 rings (SSSR count). The molecule has 7 nitrogen and oxygen atoms in total. The molecular weight excluding hydrogens is 370 g/mol. The molecule has 1 aliphatic rings. The lowest BCUT2D eigenvalue weighted by molar-refractivity contribution is -0.129. The van der Waals surface area contributed by atoms with Crippen molar-refractivity contribution in [2.45, 2.75) is 37.9 Å². The minimum Gasteiger partial charge on any atom is -0.370 e. The fourth-order valence-electron chi connectivity index (χ4n) is 2.88. The molecular formula is C17H23N5O2S2. The van der Waals surface area contributed by atoms with Crippen LogP contribution in [0.4, 0.5) is 0 Å². The molecule has 2 aromatic rings. The fourth-order valence-corrected chi connectivity index (χ4v) is 4.47. The van der Waals surface area contributed by atoms with Crippen molar-refractivity contribution >= 4 is 34.9 Å². The Morgan fingerprint density at radius 1 is 1.35 bits per heavy atom. The summed E-state index contributed by atoms with van der Waals surface area (Å²) in [6.45, 7) is 4.29. The molecule has 1 fully saturated rings. The van der Waals surface area contributed by atoms with E-state index in [1.165, 1.54) is 11.8 Å². The monoisotopic (exact) mass is 393 g/mol. The van der Waals surface area contributed by atoms with Gasteiger partial charge in [0.1, 0.15) is 0 Å². The Hall–Kier alpha value is -1.87. The van der Waals surface area contributed by atoms with Crippen molar-refractivity contribution in [3.8, 4) is 10.7 Å². The van der Waals surface area contributed by atoms with Crippen LogP contribution in [0.5, 0.6) is 0 Å². The van der Waals surface area contributed by atoms with Crippen LogP contribution in [-0.2, 0) is 16.1 Å². The Bertz CT molecular complexity index is 751. The van der Waals surface area contributed by atoms with Crippen molar-refractivity contribution in [2.24, 2.45) is 11.7 Å². The average Bonchev–Trinajstić information content (AvgIpc) is 3.27. The van der Waals surface area contributed by atoms with Gasteiger partial charge in [-0.1, -0.05) is 24.8 Å². The Kier molecular flexibility index (Phi) is 6.31. The molecule has 3 heterocycles. The highest BCUT2D eigenvalue weighted by atomic mass is 32.2. The SMILES string of the molecule is CC1CCN(C(=O)CSc2nnc(-c3cccs3)n2CCC(N)=O)CC1. The topological polar surface area (TPSA) is 94.1 Å². The Balaban J connectivity index is 1.68. The first-order valence-corrected chi connectivity index (χ1v) is 10.6. The summed E-state index contributed by atoms with van der Waals surface area (Å²) in [5, 5.41) is 11.1. The molecule has 1 aliphatic heterocycles. The number of hydrogen-bond donors (Lipinski definition) is 1. The van der Waals surface area contributed by atoms with E-state index in [1.807, 2.05) is 27.0 Å². The molecule has 140 valence electrons. The smallest absolute Gasteiger partial charge is 0.233 e. The Morgan fingerprint density at radius 2 is 2.12 bits per heavy atom. The third-order valence-electron chi connectivity index (χ3n) is 4.50. The number of piperidine rings is 1. The van der Waals surface area contributed by atoms with Gasteiger partial charge in [0.05, 0.1) is 10.6 Å². The third kappa shape index (κ3) is 4.64. The first-order valence-electron chi connectivity index (χ1n) is 8.70. The zero-order chi connectivity index (χ0) is 18.5. The lowest BCUT2D eigenvalue weighted by atomic mass is 9.99. The van der Waals surface area contributed by atoms with Crippen LogP contribution in [0.25, 0.3) is 10.7 Å². The van der Waals surface area contributed by atoms with Gasteiger partial charge < -0.3 is 15.2 Å². The lowest BCUT2D eigenvalue weighted by Crippen LogP contribution is -2.38. The predicted octanol–water partition coefficient (Wildman–Crippen LogP) is 2.23. The summed E-state index contributed by atoms with van der Waals surface area (Å²) in [7, 11) is 0. The number of hydrogen-bond acceptors (Lipinski definition) is 6. The second-order valence-corrected chi connectivity index (χ2v) is 8.39. The van der Waals surface area contributed by atoms with Crippen molar-refractivity contribution in [1.29, 1.82) is 0 Å². The number of nitrogens with two attached hydrogens (primary N) is 1. The summed E-state index contributed by atoms with van der Waals surface area (Å²) < 4.78 is 1.88. The van der Waals surface area contributed by atoms with E-state index in [-0.39, 0.29) is 18.2 Å². The van der Waals surface area contributed by atoms with Crippen LogP contribution in [0, 0.1) is 5.92 Å². The van der Waals surface area contributed by atoms with E-state index in [0.29, 0.717) is 29.2 Å². The van der Waals surface area contributed by atoms with Gasteiger partial charge in [-0.05, 0) is 30.2 Å². The Morgan fingerprint density at radius 3 is 2.77 bits per heavy atom. The van der Waals surface area contributed by atoms with Crippen LogP contribution in [0.15, 0.2) is 22.7 Å². The molecule has 2 aromatic heterocycles. The second kappa shape index (κ2) is 8.68. The Labute approximate surface area is 161 Å². The number of thioether (sulfide) groups is 1. The zero-order valence-electron chi connectivity index (χ0n) is 14.8. The van der Waals surface area contributed by atoms with Crippen molar-refractivity contribution in [3.63, 3.8) is 0 Å². The number of primary amides is 1. The first-order chi connectivity index (χ1) is 12.5. The van der Waals surface area contributed by atoms with Crippen LogP contribution in [0.1, 0.15) is 26.2 Å². The minimum atomic E-state index is -0.370. The van der Waals surface area contributed by atoms with Gasteiger partial charge in [-0.15, -0.1) is 21.5 Å². The van der Waals surface area contributed by atoms with Gasteiger partial charge in [0.15, 0.2) is 11.0 Å². The maximum Gasteiger partial charge on any atom is 0.233 e. The highest BCUT2D eigenvalue weighted by molar-refractivity contribution is 7.99. The number of rotatable bonds is 7. The minimum absolute atomic E-state index is 0.129. The largest absolute Gasteiger partial charge is 0.370 e. The third-order valence-corrected chi connectivity index (χ3v) is 6.32. The molecule has 0 aliphatic carbocycles. The summed E-state index contributed by atoms with van der Waals surface area (Å²) >= 11 is 2.93. The highest BCUT2D eigenvalue weighted by Gasteiger charge is 2.22. The summed E-state index contributed by atoms with van der Waals surface area (Å²) in [5.74, 6) is 1.49. The molecule has 0 unspecified atom stereocenters. The number of likely N-dealkylation sites (tertiary alicyclic amines) is 1. The van der Waals surface area contributed by atoms with E-state index < -0.39 is 0 Å². The first kappa shape index (κ1) is 18.9. The van der Waals surface area contributed by atoms with Crippen molar-refractivity contribution in [2.75, 3.05) is 18.8 Å². The summed E-state index contributed by atoms with van der Waals surface area (Å²) in [4.78, 5) is 26.6. The van der Waals surface area contributed by atoms with Gasteiger partial charge in [0.25, 0.3) is 0 Å². The van der Waals surface area contributed by atoms with Crippen molar-refractivity contribution < 1.29 is 9.59 Å². The average molecular weight is 394 g/mol. The number of amides is 2. The maximum absolute atomic E-state index is 12.5. The summed E-state index contributed by atoms with van der Waals surface area (Å²) in [6, 6.07) is 3.91. The number of carbonyl (C=O) groups is 2. The van der Waals surface area contributed by atoms with Gasteiger partial charge in [-0.25, -0.2) is 0 Å². The van der Waals surface area contributed by atoms with E-state index in [2.05, 4.69) is 17.1 Å². The molecule has 2 N–H and O–H groups in total. The van der Waals surface area contributed by atoms with Gasteiger partial charge in [0, 0.05) is 26.1 Å². The molecule has 0 saturated carbocycles. The standard InChI is InChI=1S/C17H23N5O2S2/c1-12-4-7-21(8-5-12)15(24)11-26-17-20-19-16(13-3-2-10-25-13)22(17)9-6-14(18)23/h2-3,10,12H,4-9,11H2,1H3,(H2,18,23). The molecule has 1 saturated heterocycles. The van der Waals surface area contributed by atoms with Crippen LogP contribution < -0.4 is 5.73 Å². The second-order valence-electron chi connectivity index (χ2n) is 6.50. The molecule has 0 bridgehead atoms. The highest BCUT2D eigenvalue weighted by Crippen LogP contribution is 2.28. The summed E-state index contributed by atoms with van der Waals surface area (Å²) in [6.07, 6.45) is 2.34. The molecule has 0 radical (unpaired) electrons. The van der Waals surface area contributed by atoms with E-state index in [0.717, 1.165) is 30.8 Å². The predicted molar refractivity (Wildman–Crippen MR) is 103 cm³/mol. The number of nitrogens with zero attached hydrogens (tertiary/aromatic N) is 4. The van der Waals surface area contributed by atoms with Gasteiger partial charge in [-0.2, -0.15) is 0 Å². The van der Waals surface area contributed by atoms with Crippen molar-refractivity contribution in [1.82, 2.24) is 19.7 Å². The molecule has 0 spiro atoms. The molecule has 0 atom stereocenters. The normalized spacial score (nSPS) is 15.3. The molecule has 9 heteroatoms. The number of carbonyl (C=O) groups excluding carboxylic acids is 2. The zero-order valence-corrected chi connectivity index (χ0v) is 16.4. The quantitative estimate of drug-likeness (QED) is 0.728. The number of aromatic nitrogens is 3.